The third-order valence-corrected chi connectivity index (χ3v) is 18.2. The molecule has 14 aromatic rings. The van der Waals surface area contributed by atoms with Crippen molar-refractivity contribution in [1.82, 2.24) is 0 Å². The van der Waals surface area contributed by atoms with Crippen LogP contribution in [0.3, 0.4) is 0 Å². The van der Waals surface area contributed by atoms with Gasteiger partial charge >= 0.3 is 0 Å². The van der Waals surface area contributed by atoms with Crippen molar-refractivity contribution >= 4 is 98.8 Å². The highest BCUT2D eigenvalue weighted by atomic mass is 15.1. The van der Waals surface area contributed by atoms with Gasteiger partial charge in [-0.3, -0.25) is 0 Å². The maximum absolute atomic E-state index is 2.42. The summed E-state index contributed by atoms with van der Waals surface area (Å²) in [6.45, 7) is 9.48. The van der Waals surface area contributed by atoms with E-state index in [0.717, 1.165) is 45.3 Å². The van der Waals surface area contributed by atoms with Gasteiger partial charge in [-0.15, -0.1) is 0 Å². The molecule has 16 rings (SSSR count). The summed E-state index contributed by atoms with van der Waals surface area (Å²) in [4.78, 5) is 4.83. The van der Waals surface area contributed by atoms with E-state index < -0.39 is 0 Å². The summed E-state index contributed by atoms with van der Waals surface area (Å²) >= 11 is 0. The van der Waals surface area contributed by atoms with Crippen LogP contribution in [0.25, 0.3) is 98.0 Å². The van der Waals surface area contributed by atoms with Gasteiger partial charge in [-0.05, 0) is 182 Å². The molecule has 80 heavy (non-hydrogen) atoms. The molecule has 2 heteroatoms. The predicted octanol–water partition coefficient (Wildman–Crippen LogP) is 21.8. The SMILES string of the molecule is CC1(C)c2cccc3cc(-c4ccc(N(c5ccc(-c6ccc(N(c7ccc(-c8cc9cccc%10c9c9c(cccc89)C%10(C)C)cc7)c7cccc8ccccc78)cc6)cc5)c5cccc6ccccc56)cc4)c4cccc1c4c23. The highest BCUT2D eigenvalue weighted by molar-refractivity contribution is 6.21. The van der Waals surface area contributed by atoms with Gasteiger partial charge in [-0.25, -0.2) is 0 Å². The molecule has 2 aliphatic carbocycles. The molecule has 0 aliphatic heterocycles. The number of hydrogen-bond acceptors (Lipinski definition) is 2. The van der Waals surface area contributed by atoms with Crippen molar-refractivity contribution in [3.8, 4) is 33.4 Å². The highest BCUT2D eigenvalue weighted by Gasteiger charge is 2.36. The lowest BCUT2D eigenvalue weighted by Crippen LogP contribution is -2.14. The third-order valence-electron chi connectivity index (χ3n) is 18.2. The first-order valence-corrected chi connectivity index (χ1v) is 28.2. The number of benzene rings is 14. The minimum absolute atomic E-state index is 0.0370. The van der Waals surface area contributed by atoms with E-state index in [9.17, 15) is 0 Å². The summed E-state index contributed by atoms with van der Waals surface area (Å²) < 4.78 is 0. The van der Waals surface area contributed by atoms with Crippen molar-refractivity contribution < 1.29 is 0 Å². The van der Waals surface area contributed by atoms with Crippen LogP contribution in [-0.4, -0.2) is 0 Å². The van der Waals surface area contributed by atoms with Crippen LogP contribution in [0.4, 0.5) is 34.1 Å². The molecular weight excluding hydrogens is 965 g/mol. The van der Waals surface area contributed by atoms with Crippen LogP contribution in [0.15, 0.2) is 267 Å². The number of rotatable bonds is 9. The number of anilines is 6. The van der Waals surface area contributed by atoms with Crippen LogP contribution >= 0.6 is 0 Å². The molecule has 0 aromatic heterocycles. The minimum Gasteiger partial charge on any atom is -0.310 e. The van der Waals surface area contributed by atoms with E-state index in [1.54, 1.807) is 0 Å². The van der Waals surface area contributed by atoms with Crippen molar-refractivity contribution in [1.29, 1.82) is 0 Å². The Hall–Kier alpha value is -9.76. The van der Waals surface area contributed by atoms with Gasteiger partial charge in [0.15, 0.2) is 0 Å². The fourth-order valence-electron chi connectivity index (χ4n) is 14.2. The van der Waals surface area contributed by atoms with Gasteiger partial charge in [0.2, 0.25) is 0 Å². The molecule has 0 amide bonds. The second-order valence-electron chi connectivity index (χ2n) is 23.2. The average molecular weight is 1020 g/mol. The Morgan fingerprint density at radius 3 is 0.912 bits per heavy atom. The van der Waals surface area contributed by atoms with Crippen LogP contribution in [0.2, 0.25) is 0 Å². The Balaban J connectivity index is 0.755. The lowest BCUT2D eigenvalue weighted by molar-refractivity contribution is 0.662. The highest BCUT2D eigenvalue weighted by Crippen LogP contribution is 2.53. The fourth-order valence-corrected chi connectivity index (χ4v) is 14.2. The Morgan fingerprint density at radius 1 is 0.237 bits per heavy atom. The second kappa shape index (κ2) is 17.4. The van der Waals surface area contributed by atoms with Gasteiger partial charge < -0.3 is 9.80 Å². The standard InChI is InChI=1S/C78H56N2/c1-77(2)67-25-9-19-55-47-65(63-23-13-27-69(77)75(63)73(55)67)53-35-43-59(44-36-53)79(71-29-11-17-51-15-5-7-21-61(51)71)57-39-31-49(32-40-57)50-33-41-58(42-34-50)80(72-30-12-18-52-16-6-8-22-62(52)72)60-45-37-54(38-46-60)66-48-56-20-10-26-68-74(56)76-64(66)24-14-28-70(76)78(68,3)4/h5-48H,1-4H3. The van der Waals surface area contributed by atoms with E-state index in [2.05, 4.69) is 304 Å². The Labute approximate surface area is 467 Å². The molecule has 2 nitrogen and oxygen atoms in total. The first-order valence-electron chi connectivity index (χ1n) is 28.2. The molecule has 0 fully saturated rings. The van der Waals surface area contributed by atoms with E-state index in [-0.39, 0.29) is 10.8 Å². The minimum atomic E-state index is -0.0370. The zero-order chi connectivity index (χ0) is 53.4. The van der Waals surface area contributed by atoms with Crippen molar-refractivity contribution in [3.63, 3.8) is 0 Å². The van der Waals surface area contributed by atoms with E-state index in [1.165, 1.54) is 109 Å². The van der Waals surface area contributed by atoms with Crippen molar-refractivity contribution in [2.45, 2.75) is 38.5 Å². The molecule has 0 heterocycles. The first kappa shape index (κ1) is 46.3. The first-order chi connectivity index (χ1) is 39.2. The lowest BCUT2D eigenvalue weighted by atomic mass is 9.82. The van der Waals surface area contributed by atoms with Crippen LogP contribution in [0.1, 0.15) is 49.9 Å². The Morgan fingerprint density at radius 2 is 0.525 bits per heavy atom. The molecule has 14 aromatic carbocycles. The van der Waals surface area contributed by atoms with Gasteiger partial charge in [-0.2, -0.15) is 0 Å². The maximum atomic E-state index is 2.42. The van der Waals surface area contributed by atoms with Gasteiger partial charge in [-0.1, -0.05) is 222 Å². The van der Waals surface area contributed by atoms with Crippen molar-refractivity contribution in [2.75, 3.05) is 9.80 Å². The number of hydrogen-bond donors (Lipinski definition) is 0. The molecule has 0 radical (unpaired) electrons. The van der Waals surface area contributed by atoms with Crippen LogP contribution in [0, 0.1) is 0 Å². The van der Waals surface area contributed by atoms with Crippen LogP contribution in [-0.2, 0) is 10.8 Å². The third kappa shape index (κ3) is 6.85. The maximum Gasteiger partial charge on any atom is 0.0540 e. The summed E-state index contributed by atoms with van der Waals surface area (Å²) in [5, 5.41) is 15.7. The van der Waals surface area contributed by atoms with Crippen molar-refractivity contribution in [2.24, 2.45) is 0 Å². The molecule has 0 N–H and O–H groups in total. The zero-order valence-corrected chi connectivity index (χ0v) is 45.3. The Bertz CT molecular complexity index is 4530. The van der Waals surface area contributed by atoms with Gasteiger partial charge in [0.25, 0.3) is 0 Å². The molecule has 0 saturated carbocycles. The van der Waals surface area contributed by atoms with E-state index in [1.807, 2.05) is 0 Å². The molecule has 0 bridgehead atoms. The molecule has 2 aliphatic rings. The molecule has 0 spiro atoms. The summed E-state index contributed by atoms with van der Waals surface area (Å²) in [5.74, 6) is 0. The van der Waals surface area contributed by atoms with Gasteiger partial charge in [0.1, 0.15) is 0 Å². The zero-order valence-electron chi connectivity index (χ0n) is 45.3. The largest absolute Gasteiger partial charge is 0.310 e. The van der Waals surface area contributed by atoms with E-state index in [4.69, 9.17) is 0 Å². The normalized spacial score (nSPS) is 13.7. The summed E-state index contributed by atoms with van der Waals surface area (Å²) in [5.41, 5.74) is 19.6. The topological polar surface area (TPSA) is 6.48 Å². The predicted molar refractivity (Wildman–Crippen MR) is 341 cm³/mol. The number of fused-ring (bicyclic) bond motifs is 2. The van der Waals surface area contributed by atoms with Gasteiger partial charge in [0, 0.05) is 44.4 Å². The smallest absolute Gasteiger partial charge is 0.0540 e. The second-order valence-corrected chi connectivity index (χ2v) is 23.2. The molecule has 378 valence electrons. The van der Waals surface area contributed by atoms with Crippen LogP contribution in [0.5, 0.6) is 0 Å². The molecule has 0 atom stereocenters. The van der Waals surface area contributed by atoms with E-state index in [0.29, 0.717) is 0 Å². The van der Waals surface area contributed by atoms with Crippen LogP contribution < -0.4 is 9.80 Å². The number of nitrogens with zero attached hydrogens (tertiary/aromatic N) is 2. The quantitative estimate of drug-likeness (QED) is 0.133. The lowest BCUT2D eigenvalue weighted by Gasteiger charge is -2.28. The van der Waals surface area contributed by atoms with Crippen molar-refractivity contribution in [3.05, 3.63) is 289 Å². The fraction of sp³-hybridized carbons (Fsp3) is 0.0769. The molecule has 0 unspecified atom stereocenters. The molecular formula is C78H56N2. The summed E-state index contributed by atoms with van der Waals surface area (Å²) in [7, 11) is 0. The summed E-state index contributed by atoms with van der Waals surface area (Å²) in [6, 6.07) is 99.6. The monoisotopic (exact) mass is 1020 g/mol. The summed E-state index contributed by atoms with van der Waals surface area (Å²) in [6.07, 6.45) is 0. The Kier molecular flexibility index (Phi) is 10.1. The molecule has 0 saturated heterocycles. The van der Waals surface area contributed by atoms with E-state index >= 15 is 0 Å². The average Bonchev–Trinajstić information content (AvgIpc) is 3.77. The van der Waals surface area contributed by atoms with Gasteiger partial charge in [0.05, 0.1) is 11.4 Å².